The van der Waals surface area contributed by atoms with Gasteiger partial charge in [0.1, 0.15) is 11.3 Å². The van der Waals surface area contributed by atoms with Crippen molar-refractivity contribution in [1.82, 2.24) is 0 Å². The molecule has 1 aliphatic carbocycles. The maximum Gasteiger partial charge on any atom is 0.339 e. The third kappa shape index (κ3) is 1.75. The number of phenols is 1. The van der Waals surface area contributed by atoms with E-state index in [0.29, 0.717) is 0 Å². The summed E-state index contributed by atoms with van der Waals surface area (Å²) in [5.74, 6) is -3.31. The van der Waals surface area contributed by atoms with E-state index in [1.807, 2.05) is 0 Å². The number of aromatic hydroxyl groups is 1. The summed E-state index contributed by atoms with van der Waals surface area (Å²) in [6.07, 6.45) is 0. The van der Waals surface area contributed by atoms with Crippen LogP contribution in [0.4, 0.5) is 0 Å². The van der Waals surface area contributed by atoms with Crippen molar-refractivity contribution in [3.05, 3.63) is 63.2 Å². The van der Waals surface area contributed by atoms with Crippen LogP contribution in [0.2, 0.25) is 5.02 Å². The van der Waals surface area contributed by atoms with Crippen LogP contribution < -0.4 is 0 Å². The molecule has 0 aromatic heterocycles. The van der Waals surface area contributed by atoms with Crippen molar-refractivity contribution in [1.29, 1.82) is 0 Å². The summed E-state index contributed by atoms with van der Waals surface area (Å²) in [7, 11) is 0. The Hall–Kier alpha value is -2.66. The lowest BCUT2D eigenvalue weighted by Gasteiger charge is -2.20. The minimum atomic E-state index is -1.43. The fraction of sp³-hybridized carbons (Fsp3) is 0. The van der Waals surface area contributed by atoms with Gasteiger partial charge in [-0.05, 0) is 6.07 Å². The molecule has 2 aromatic rings. The van der Waals surface area contributed by atoms with Crippen molar-refractivity contribution in [2.75, 3.05) is 0 Å². The van der Waals surface area contributed by atoms with Gasteiger partial charge in [0, 0.05) is 11.1 Å². The number of halogens is 1. The van der Waals surface area contributed by atoms with Gasteiger partial charge in [-0.25, -0.2) is 4.79 Å². The Morgan fingerprint density at radius 3 is 2.05 bits per heavy atom. The number of carboxylic acid groups (broad SMARTS) is 1. The molecule has 5 nitrogen and oxygen atoms in total. The fourth-order valence-corrected chi connectivity index (χ4v) is 2.68. The molecular formula is C15H7ClO5. The van der Waals surface area contributed by atoms with E-state index in [4.69, 9.17) is 16.7 Å². The normalized spacial score (nSPS) is 12.8. The lowest BCUT2D eigenvalue weighted by Crippen LogP contribution is -2.22. The highest BCUT2D eigenvalue weighted by molar-refractivity contribution is 6.40. The second-order valence-electron chi connectivity index (χ2n) is 4.51. The molecule has 0 fully saturated rings. The molecular weight excluding hydrogens is 296 g/mol. The molecule has 0 amide bonds. The van der Waals surface area contributed by atoms with Crippen molar-refractivity contribution < 1.29 is 24.6 Å². The van der Waals surface area contributed by atoms with Gasteiger partial charge in [-0.15, -0.1) is 0 Å². The molecule has 2 N–H and O–H groups in total. The molecule has 0 spiro atoms. The van der Waals surface area contributed by atoms with E-state index in [-0.39, 0.29) is 27.3 Å². The Bertz CT molecular complexity index is 838. The van der Waals surface area contributed by atoms with Gasteiger partial charge in [0.2, 0.25) is 0 Å². The molecule has 2 aromatic carbocycles. The maximum absolute atomic E-state index is 12.4. The topological polar surface area (TPSA) is 91.7 Å². The van der Waals surface area contributed by atoms with Crippen LogP contribution in [0.3, 0.4) is 0 Å². The van der Waals surface area contributed by atoms with Crippen LogP contribution >= 0.6 is 11.6 Å². The molecule has 6 heteroatoms. The van der Waals surface area contributed by atoms with Crippen molar-refractivity contribution in [3.8, 4) is 5.75 Å². The Kier molecular flexibility index (Phi) is 2.81. The number of benzene rings is 2. The average Bonchev–Trinajstić information content (AvgIpc) is 2.46. The highest BCUT2D eigenvalue weighted by Crippen LogP contribution is 2.38. The summed E-state index contributed by atoms with van der Waals surface area (Å²) in [6, 6.07) is 7.08. The Labute approximate surface area is 123 Å². The van der Waals surface area contributed by atoms with Gasteiger partial charge in [-0.3, -0.25) is 9.59 Å². The largest absolute Gasteiger partial charge is 0.506 e. The van der Waals surface area contributed by atoms with Gasteiger partial charge in [-0.2, -0.15) is 0 Å². The second kappa shape index (κ2) is 4.43. The molecule has 3 rings (SSSR count). The van der Waals surface area contributed by atoms with E-state index in [9.17, 15) is 19.5 Å². The van der Waals surface area contributed by atoms with Gasteiger partial charge >= 0.3 is 5.97 Å². The van der Waals surface area contributed by atoms with E-state index in [1.165, 1.54) is 12.1 Å². The molecule has 0 unspecified atom stereocenters. The fourth-order valence-electron chi connectivity index (χ4n) is 2.39. The number of aromatic carboxylic acids is 1. The molecule has 0 bridgehead atoms. The predicted molar refractivity (Wildman–Crippen MR) is 73.4 cm³/mol. The van der Waals surface area contributed by atoms with Crippen LogP contribution in [-0.2, 0) is 0 Å². The molecule has 104 valence electrons. The van der Waals surface area contributed by atoms with Crippen molar-refractivity contribution in [2.45, 2.75) is 0 Å². The minimum Gasteiger partial charge on any atom is -0.506 e. The molecule has 0 atom stereocenters. The summed E-state index contributed by atoms with van der Waals surface area (Å²) in [5, 5.41) is 18.9. The van der Waals surface area contributed by atoms with E-state index < -0.39 is 28.8 Å². The first-order valence-corrected chi connectivity index (χ1v) is 6.28. The molecule has 0 saturated heterocycles. The molecule has 0 heterocycles. The zero-order chi connectivity index (χ0) is 15.3. The number of carboxylic acids is 1. The molecule has 21 heavy (non-hydrogen) atoms. The maximum atomic E-state index is 12.4. The van der Waals surface area contributed by atoms with Crippen LogP contribution in [0.1, 0.15) is 42.2 Å². The molecule has 0 aliphatic heterocycles. The highest BCUT2D eigenvalue weighted by atomic mass is 35.5. The predicted octanol–water partition coefficient (Wildman–Crippen LogP) is 2.52. The van der Waals surface area contributed by atoms with E-state index >= 15 is 0 Å². The van der Waals surface area contributed by atoms with Crippen LogP contribution in [0.25, 0.3) is 0 Å². The Balaban J connectivity index is 2.41. The van der Waals surface area contributed by atoms with E-state index in [1.54, 1.807) is 12.1 Å². The monoisotopic (exact) mass is 302 g/mol. The first-order chi connectivity index (χ1) is 9.93. The molecule has 0 saturated carbocycles. The summed E-state index contributed by atoms with van der Waals surface area (Å²) in [5.41, 5.74) is -0.742. The third-order valence-electron chi connectivity index (χ3n) is 3.35. The average molecular weight is 303 g/mol. The number of hydrogen-bond donors (Lipinski definition) is 2. The number of carbonyl (C=O) groups excluding carboxylic acids is 2. The van der Waals surface area contributed by atoms with Gasteiger partial charge in [0.05, 0.1) is 16.1 Å². The highest BCUT2D eigenvalue weighted by Gasteiger charge is 2.35. The number of fused-ring (bicyclic) bond motifs is 2. The van der Waals surface area contributed by atoms with E-state index in [2.05, 4.69) is 0 Å². The van der Waals surface area contributed by atoms with Gasteiger partial charge < -0.3 is 10.2 Å². The van der Waals surface area contributed by atoms with Gasteiger partial charge in [0.25, 0.3) is 0 Å². The van der Waals surface area contributed by atoms with Crippen molar-refractivity contribution in [3.63, 3.8) is 0 Å². The smallest absolute Gasteiger partial charge is 0.339 e. The summed E-state index contributed by atoms with van der Waals surface area (Å²) >= 11 is 5.94. The van der Waals surface area contributed by atoms with Crippen molar-refractivity contribution in [2.24, 2.45) is 0 Å². The second-order valence-corrected chi connectivity index (χ2v) is 4.92. The quantitative estimate of drug-likeness (QED) is 0.720. The Morgan fingerprint density at radius 2 is 1.52 bits per heavy atom. The lowest BCUT2D eigenvalue weighted by molar-refractivity contribution is 0.0693. The number of ketones is 2. The minimum absolute atomic E-state index is 0.115. The number of carbonyl (C=O) groups is 3. The van der Waals surface area contributed by atoms with Gasteiger partial charge in [0.15, 0.2) is 11.6 Å². The SMILES string of the molecule is O=C(O)c1cc(Cl)c2c(c1O)C(=O)c1ccccc1C2=O. The molecule has 0 radical (unpaired) electrons. The number of hydrogen-bond acceptors (Lipinski definition) is 4. The van der Waals surface area contributed by atoms with Gasteiger partial charge in [-0.1, -0.05) is 35.9 Å². The summed E-state index contributed by atoms with van der Waals surface area (Å²) < 4.78 is 0. The lowest BCUT2D eigenvalue weighted by atomic mass is 9.82. The number of rotatable bonds is 1. The zero-order valence-electron chi connectivity index (χ0n) is 10.4. The van der Waals surface area contributed by atoms with E-state index in [0.717, 1.165) is 6.07 Å². The van der Waals surface area contributed by atoms with Crippen LogP contribution in [0, 0.1) is 0 Å². The molecule has 1 aliphatic rings. The van der Waals surface area contributed by atoms with Crippen LogP contribution in [-0.4, -0.2) is 27.7 Å². The first-order valence-electron chi connectivity index (χ1n) is 5.90. The first kappa shape index (κ1) is 13.3. The zero-order valence-corrected chi connectivity index (χ0v) is 11.1. The third-order valence-corrected chi connectivity index (χ3v) is 3.65. The van der Waals surface area contributed by atoms with Crippen molar-refractivity contribution >= 4 is 29.1 Å². The van der Waals surface area contributed by atoms with Crippen LogP contribution in [0.5, 0.6) is 5.75 Å². The Morgan fingerprint density at radius 1 is 1.00 bits per heavy atom. The summed E-state index contributed by atoms with van der Waals surface area (Å²) in [4.78, 5) is 35.9. The standard InChI is InChI=1S/C15H7ClO5/c16-9-5-8(15(20)21)14(19)11-10(9)12(17)6-3-1-2-4-7(6)13(11)18/h1-5,19H,(H,20,21). The van der Waals surface area contributed by atoms with Crippen LogP contribution in [0.15, 0.2) is 30.3 Å². The summed E-state index contributed by atoms with van der Waals surface area (Å²) in [6.45, 7) is 0.